The molecule has 0 atom stereocenters. The third kappa shape index (κ3) is 4.31. The summed E-state index contributed by atoms with van der Waals surface area (Å²) in [4.78, 5) is 24.8. The monoisotopic (exact) mass is 289 g/mol. The third-order valence-electron chi connectivity index (χ3n) is 2.00. The molecule has 0 fully saturated rings. The Bertz CT molecular complexity index is 450. The number of ketones is 1. The summed E-state index contributed by atoms with van der Waals surface area (Å²) < 4.78 is 5.59. The average molecular weight is 290 g/mol. The van der Waals surface area contributed by atoms with Gasteiger partial charge in [0.1, 0.15) is 9.94 Å². The quantitative estimate of drug-likeness (QED) is 0.801. The second-order valence-electron chi connectivity index (χ2n) is 4.87. The van der Waals surface area contributed by atoms with Crippen LogP contribution < -0.4 is 0 Å². The lowest BCUT2D eigenvalue weighted by molar-refractivity contribution is 0.0295. The first-order valence-electron chi connectivity index (χ1n) is 5.41. The maximum atomic E-state index is 11.9. The van der Waals surface area contributed by atoms with Crippen LogP contribution in [-0.2, 0) is 4.74 Å². The van der Waals surface area contributed by atoms with Crippen LogP contribution in [0.3, 0.4) is 0 Å². The molecule has 4 nitrogen and oxygen atoms in total. The van der Waals surface area contributed by atoms with E-state index in [1.807, 2.05) is 0 Å². The largest absolute Gasteiger partial charge is 0.444 e. The molecule has 0 bridgehead atoms. The molecule has 0 saturated heterocycles. The number of thiophene rings is 1. The molecule has 0 aromatic carbocycles. The Hall–Kier alpha value is -1.07. The van der Waals surface area contributed by atoms with Crippen molar-refractivity contribution in [3.63, 3.8) is 0 Å². The minimum atomic E-state index is -0.575. The Morgan fingerprint density at radius 1 is 1.44 bits per heavy atom. The van der Waals surface area contributed by atoms with Crippen molar-refractivity contribution in [1.82, 2.24) is 4.90 Å². The third-order valence-corrected chi connectivity index (χ3v) is 3.17. The SMILES string of the molecule is CN(CC(=O)c1ccsc1Cl)C(=O)OC(C)(C)C. The second kappa shape index (κ2) is 5.71. The van der Waals surface area contributed by atoms with Gasteiger partial charge in [-0.15, -0.1) is 11.3 Å². The molecule has 0 aliphatic rings. The van der Waals surface area contributed by atoms with Crippen molar-refractivity contribution >= 4 is 34.8 Å². The number of carbonyl (C=O) groups is 2. The predicted molar refractivity (Wildman–Crippen MR) is 72.5 cm³/mol. The zero-order valence-corrected chi connectivity index (χ0v) is 12.4. The first-order chi connectivity index (χ1) is 8.20. The lowest BCUT2D eigenvalue weighted by Gasteiger charge is -2.24. The van der Waals surface area contributed by atoms with Crippen LogP contribution in [0.4, 0.5) is 4.79 Å². The van der Waals surface area contributed by atoms with Gasteiger partial charge in [-0.1, -0.05) is 11.6 Å². The molecule has 0 aliphatic heterocycles. The second-order valence-corrected chi connectivity index (χ2v) is 6.39. The van der Waals surface area contributed by atoms with Gasteiger partial charge in [0.05, 0.1) is 6.54 Å². The number of hydrogen-bond donors (Lipinski definition) is 0. The highest BCUT2D eigenvalue weighted by molar-refractivity contribution is 7.14. The van der Waals surface area contributed by atoms with Gasteiger partial charge in [-0.2, -0.15) is 0 Å². The Kier molecular flexibility index (Phi) is 4.76. The van der Waals surface area contributed by atoms with Crippen molar-refractivity contribution in [2.24, 2.45) is 0 Å². The van der Waals surface area contributed by atoms with Crippen LogP contribution in [0.2, 0.25) is 4.34 Å². The maximum absolute atomic E-state index is 11.9. The highest BCUT2D eigenvalue weighted by atomic mass is 35.5. The first kappa shape index (κ1) is 15.0. The van der Waals surface area contributed by atoms with Crippen LogP contribution in [0.5, 0.6) is 0 Å². The van der Waals surface area contributed by atoms with Crippen LogP contribution in [0, 0.1) is 0 Å². The number of carbonyl (C=O) groups excluding carboxylic acids is 2. The van der Waals surface area contributed by atoms with Gasteiger partial charge >= 0.3 is 6.09 Å². The number of amides is 1. The van der Waals surface area contributed by atoms with Gasteiger partial charge in [0.15, 0.2) is 5.78 Å². The van der Waals surface area contributed by atoms with E-state index in [1.54, 1.807) is 32.2 Å². The first-order valence-corrected chi connectivity index (χ1v) is 6.67. The van der Waals surface area contributed by atoms with Crippen molar-refractivity contribution in [3.8, 4) is 0 Å². The van der Waals surface area contributed by atoms with Crippen LogP contribution in [0.15, 0.2) is 11.4 Å². The number of rotatable bonds is 3. The van der Waals surface area contributed by atoms with Gasteiger partial charge in [-0.3, -0.25) is 4.79 Å². The van der Waals surface area contributed by atoms with Crippen LogP contribution in [0.1, 0.15) is 31.1 Å². The fourth-order valence-corrected chi connectivity index (χ4v) is 2.15. The molecule has 0 N–H and O–H groups in total. The summed E-state index contributed by atoms with van der Waals surface area (Å²) in [6.45, 7) is 5.27. The summed E-state index contributed by atoms with van der Waals surface area (Å²) in [5.41, 5.74) is -0.133. The van der Waals surface area contributed by atoms with Crippen molar-refractivity contribution in [3.05, 3.63) is 21.3 Å². The molecule has 18 heavy (non-hydrogen) atoms. The molecule has 1 aromatic heterocycles. The van der Waals surface area contributed by atoms with Gasteiger partial charge < -0.3 is 9.64 Å². The molecule has 1 amide bonds. The number of hydrogen-bond acceptors (Lipinski definition) is 4. The zero-order valence-electron chi connectivity index (χ0n) is 10.8. The molecule has 6 heteroatoms. The van der Waals surface area contributed by atoms with Crippen LogP contribution in [-0.4, -0.2) is 36.0 Å². The van der Waals surface area contributed by atoms with E-state index in [4.69, 9.17) is 16.3 Å². The molecule has 1 aromatic rings. The fraction of sp³-hybridized carbons (Fsp3) is 0.500. The van der Waals surface area contributed by atoms with Crippen LogP contribution in [0.25, 0.3) is 0 Å². The van der Waals surface area contributed by atoms with Crippen molar-refractivity contribution in [1.29, 1.82) is 0 Å². The molecular weight excluding hydrogens is 274 g/mol. The topological polar surface area (TPSA) is 46.6 Å². The van der Waals surface area contributed by atoms with E-state index in [1.165, 1.54) is 23.3 Å². The Labute approximate surface area is 115 Å². The van der Waals surface area contributed by atoms with Gasteiger partial charge in [-0.25, -0.2) is 4.79 Å². The Balaban J connectivity index is 2.60. The molecule has 0 radical (unpaired) electrons. The molecule has 0 saturated carbocycles. The lowest BCUT2D eigenvalue weighted by Crippen LogP contribution is -2.37. The van der Waals surface area contributed by atoms with Gasteiger partial charge in [0.25, 0.3) is 0 Å². The number of Topliss-reactive ketones (excluding diaryl/α,β-unsaturated/α-hetero) is 1. The summed E-state index contributed by atoms with van der Waals surface area (Å²) >= 11 is 7.16. The Morgan fingerprint density at radius 2 is 2.06 bits per heavy atom. The fourth-order valence-electron chi connectivity index (χ4n) is 1.20. The lowest BCUT2D eigenvalue weighted by atomic mass is 10.2. The summed E-state index contributed by atoms with van der Waals surface area (Å²) in [6.07, 6.45) is -0.526. The van der Waals surface area contributed by atoms with Gasteiger partial charge in [0.2, 0.25) is 0 Å². The summed E-state index contributed by atoms with van der Waals surface area (Å²) in [5, 5.41) is 1.74. The van der Waals surface area contributed by atoms with Gasteiger partial charge in [0, 0.05) is 12.6 Å². The van der Waals surface area contributed by atoms with E-state index >= 15 is 0 Å². The molecule has 0 unspecified atom stereocenters. The number of likely N-dealkylation sites (N-methyl/N-ethyl adjacent to an activating group) is 1. The van der Waals surface area contributed by atoms with Crippen LogP contribution >= 0.6 is 22.9 Å². The van der Waals surface area contributed by atoms with Gasteiger partial charge in [-0.05, 0) is 32.2 Å². The molecule has 1 heterocycles. The molecule has 0 spiro atoms. The summed E-state index contributed by atoms with van der Waals surface area (Å²) in [6, 6.07) is 1.65. The normalized spacial score (nSPS) is 11.2. The van der Waals surface area contributed by atoms with E-state index in [-0.39, 0.29) is 12.3 Å². The molecule has 100 valence electrons. The van der Waals surface area contributed by atoms with Crippen molar-refractivity contribution < 1.29 is 14.3 Å². The highest BCUT2D eigenvalue weighted by Crippen LogP contribution is 2.23. The highest BCUT2D eigenvalue weighted by Gasteiger charge is 2.22. The minimum Gasteiger partial charge on any atom is -0.444 e. The Morgan fingerprint density at radius 3 is 2.50 bits per heavy atom. The number of halogens is 1. The number of ether oxygens (including phenoxy) is 1. The van der Waals surface area contributed by atoms with Crippen molar-refractivity contribution in [2.45, 2.75) is 26.4 Å². The zero-order chi connectivity index (χ0) is 13.9. The number of nitrogens with zero attached hydrogens (tertiary/aromatic N) is 1. The predicted octanol–water partition coefficient (Wildman–Crippen LogP) is 3.45. The molecular formula is C12H16ClNO3S. The molecule has 0 aliphatic carbocycles. The van der Waals surface area contributed by atoms with E-state index in [0.29, 0.717) is 9.90 Å². The minimum absolute atomic E-state index is 0.0502. The van der Waals surface area contributed by atoms with E-state index in [2.05, 4.69) is 0 Å². The van der Waals surface area contributed by atoms with E-state index in [9.17, 15) is 9.59 Å². The standard InChI is InChI=1S/C12H16ClNO3S/c1-12(2,3)17-11(16)14(4)7-9(15)8-5-6-18-10(8)13/h5-6H,7H2,1-4H3. The summed E-state index contributed by atoms with van der Waals surface area (Å²) in [7, 11) is 1.52. The van der Waals surface area contributed by atoms with Crippen molar-refractivity contribution in [2.75, 3.05) is 13.6 Å². The molecule has 1 rings (SSSR count). The van der Waals surface area contributed by atoms with E-state index < -0.39 is 11.7 Å². The van der Waals surface area contributed by atoms with E-state index in [0.717, 1.165) is 0 Å². The average Bonchev–Trinajstić information content (AvgIpc) is 2.61. The maximum Gasteiger partial charge on any atom is 0.410 e. The smallest absolute Gasteiger partial charge is 0.410 e. The summed E-state index contributed by atoms with van der Waals surface area (Å²) in [5.74, 6) is -0.199.